The number of aliphatic hydroxyl groups excluding tert-OH is 1. The lowest BCUT2D eigenvalue weighted by Gasteiger charge is -2.27. The van der Waals surface area contributed by atoms with Gasteiger partial charge in [0, 0.05) is 0 Å². The number of rotatable bonds is 4. The highest BCUT2D eigenvalue weighted by molar-refractivity contribution is 7.08. The van der Waals surface area contributed by atoms with Crippen LogP contribution in [-0.2, 0) is 6.42 Å². The van der Waals surface area contributed by atoms with Crippen molar-refractivity contribution in [3.63, 3.8) is 0 Å². The largest absolute Gasteiger partial charge is 0.394 e. The van der Waals surface area contributed by atoms with Crippen LogP contribution in [-0.4, -0.2) is 32.7 Å². The Bertz CT molecular complexity index is 399. The molecule has 0 radical (unpaired) electrons. The lowest BCUT2D eigenvalue weighted by atomic mass is 9.99. The molecule has 0 spiro atoms. The standard InChI is InChI=1S/C11H17N3O2S/c1-2-8-9(17-14-13-8)10(16)12-11(7-15)5-3-4-6-11/h15H,2-7H2,1H3,(H,12,16). The zero-order chi connectivity index (χ0) is 12.3. The summed E-state index contributed by atoms with van der Waals surface area (Å²) in [5, 5.41) is 16.3. The molecular formula is C11H17N3O2S. The maximum Gasteiger partial charge on any atom is 0.265 e. The summed E-state index contributed by atoms with van der Waals surface area (Å²) in [6.07, 6.45) is 4.52. The third kappa shape index (κ3) is 2.47. The number of carbonyl (C=O) groups excluding carboxylic acids is 1. The van der Waals surface area contributed by atoms with Crippen LogP contribution in [0, 0.1) is 0 Å². The first-order chi connectivity index (χ1) is 8.21. The quantitative estimate of drug-likeness (QED) is 0.846. The molecule has 1 aromatic heterocycles. The van der Waals surface area contributed by atoms with Crippen molar-refractivity contribution in [2.75, 3.05) is 6.61 Å². The molecule has 2 N–H and O–H groups in total. The first-order valence-electron chi connectivity index (χ1n) is 5.95. The highest BCUT2D eigenvalue weighted by Gasteiger charge is 2.35. The van der Waals surface area contributed by atoms with E-state index < -0.39 is 5.54 Å². The molecule has 0 aromatic carbocycles. The summed E-state index contributed by atoms with van der Waals surface area (Å²) in [6.45, 7) is 1.96. The minimum absolute atomic E-state index is 0.00638. The zero-order valence-corrected chi connectivity index (χ0v) is 10.7. The van der Waals surface area contributed by atoms with Gasteiger partial charge in [-0.25, -0.2) is 0 Å². The molecule has 0 unspecified atom stereocenters. The number of aryl methyl sites for hydroxylation is 1. The van der Waals surface area contributed by atoms with Gasteiger partial charge >= 0.3 is 0 Å². The maximum absolute atomic E-state index is 12.1. The Morgan fingerprint density at radius 2 is 2.24 bits per heavy atom. The van der Waals surface area contributed by atoms with E-state index in [2.05, 4.69) is 14.9 Å². The van der Waals surface area contributed by atoms with Crippen molar-refractivity contribution in [2.24, 2.45) is 0 Å². The molecule has 0 aliphatic heterocycles. The second kappa shape index (κ2) is 5.10. The lowest BCUT2D eigenvalue weighted by molar-refractivity contribution is 0.0841. The lowest BCUT2D eigenvalue weighted by Crippen LogP contribution is -2.49. The topological polar surface area (TPSA) is 75.1 Å². The fraction of sp³-hybridized carbons (Fsp3) is 0.727. The summed E-state index contributed by atoms with van der Waals surface area (Å²) in [5.41, 5.74) is 0.310. The smallest absolute Gasteiger partial charge is 0.265 e. The number of amides is 1. The van der Waals surface area contributed by atoms with Crippen LogP contribution in [0.5, 0.6) is 0 Å². The SMILES string of the molecule is CCc1nnsc1C(=O)NC1(CO)CCCC1. The summed E-state index contributed by atoms with van der Waals surface area (Å²) in [4.78, 5) is 12.7. The van der Waals surface area contributed by atoms with Gasteiger partial charge in [-0.3, -0.25) is 4.79 Å². The Labute approximate surface area is 104 Å². The summed E-state index contributed by atoms with van der Waals surface area (Å²) >= 11 is 1.12. The molecular weight excluding hydrogens is 238 g/mol. The maximum atomic E-state index is 12.1. The molecule has 1 amide bonds. The van der Waals surface area contributed by atoms with Gasteiger partial charge in [0.25, 0.3) is 5.91 Å². The number of carbonyl (C=O) groups is 1. The van der Waals surface area contributed by atoms with Crippen LogP contribution in [0.15, 0.2) is 0 Å². The first-order valence-corrected chi connectivity index (χ1v) is 6.73. The Balaban J connectivity index is 2.11. The number of hydrogen-bond acceptors (Lipinski definition) is 5. The number of aromatic nitrogens is 2. The molecule has 5 nitrogen and oxygen atoms in total. The Morgan fingerprint density at radius 1 is 1.53 bits per heavy atom. The number of hydrogen-bond donors (Lipinski definition) is 2. The molecule has 94 valence electrons. The van der Waals surface area contributed by atoms with Gasteiger partial charge in [0.15, 0.2) is 0 Å². The van der Waals surface area contributed by atoms with Crippen LogP contribution >= 0.6 is 11.5 Å². The monoisotopic (exact) mass is 255 g/mol. The molecule has 17 heavy (non-hydrogen) atoms. The Kier molecular flexibility index (Phi) is 3.73. The Hall–Kier alpha value is -1.01. The van der Waals surface area contributed by atoms with Crippen LogP contribution < -0.4 is 5.32 Å². The van der Waals surface area contributed by atoms with Gasteiger partial charge in [-0.05, 0) is 30.8 Å². The van der Waals surface area contributed by atoms with E-state index in [0.29, 0.717) is 11.3 Å². The molecule has 1 fully saturated rings. The van der Waals surface area contributed by atoms with Crippen LogP contribution in [0.3, 0.4) is 0 Å². The van der Waals surface area contributed by atoms with E-state index in [0.717, 1.165) is 42.9 Å². The highest BCUT2D eigenvalue weighted by Crippen LogP contribution is 2.29. The van der Waals surface area contributed by atoms with Gasteiger partial charge in [-0.1, -0.05) is 24.3 Å². The molecule has 1 heterocycles. The minimum atomic E-state index is -0.425. The molecule has 0 atom stereocenters. The van der Waals surface area contributed by atoms with Crippen LogP contribution in [0.25, 0.3) is 0 Å². The summed E-state index contributed by atoms with van der Waals surface area (Å²) < 4.78 is 3.81. The van der Waals surface area contributed by atoms with Gasteiger partial charge in [-0.2, -0.15) is 0 Å². The van der Waals surface area contributed by atoms with Crippen LogP contribution in [0.4, 0.5) is 0 Å². The number of nitrogens with zero attached hydrogens (tertiary/aromatic N) is 2. The van der Waals surface area contributed by atoms with Gasteiger partial charge in [0.1, 0.15) is 4.88 Å². The van der Waals surface area contributed by atoms with E-state index in [9.17, 15) is 9.90 Å². The molecule has 2 rings (SSSR count). The number of aliphatic hydroxyl groups is 1. The molecule has 0 saturated heterocycles. The van der Waals surface area contributed by atoms with E-state index in [1.165, 1.54) is 0 Å². The fourth-order valence-electron chi connectivity index (χ4n) is 2.28. The zero-order valence-electron chi connectivity index (χ0n) is 9.90. The summed E-state index contributed by atoms with van der Waals surface area (Å²) in [6, 6.07) is 0. The molecule has 0 bridgehead atoms. The molecule has 1 aliphatic carbocycles. The van der Waals surface area contributed by atoms with Crippen LogP contribution in [0.2, 0.25) is 0 Å². The minimum Gasteiger partial charge on any atom is -0.394 e. The van der Waals surface area contributed by atoms with Crippen molar-refractivity contribution in [3.8, 4) is 0 Å². The van der Waals surface area contributed by atoms with E-state index in [-0.39, 0.29) is 12.5 Å². The third-order valence-corrected chi connectivity index (χ3v) is 4.11. The van der Waals surface area contributed by atoms with Gasteiger partial charge in [0.05, 0.1) is 17.8 Å². The summed E-state index contributed by atoms with van der Waals surface area (Å²) in [7, 11) is 0. The first kappa shape index (κ1) is 12.4. The van der Waals surface area contributed by atoms with Crippen molar-refractivity contribution in [2.45, 2.75) is 44.6 Å². The molecule has 1 saturated carbocycles. The highest BCUT2D eigenvalue weighted by atomic mass is 32.1. The van der Waals surface area contributed by atoms with Gasteiger partial charge in [-0.15, -0.1) is 5.10 Å². The number of nitrogens with one attached hydrogen (secondary N) is 1. The molecule has 6 heteroatoms. The van der Waals surface area contributed by atoms with E-state index >= 15 is 0 Å². The average Bonchev–Trinajstić information content (AvgIpc) is 2.97. The van der Waals surface area contributed by atoms with Crippen molar-refractivity contribution in [1.29, 1.82) is 0 Å². The van der Waals surface area contributed by atoms with Crippen LogP contribution in [0.1, 0.15) is 48.0 Å². The van der Waals surface area contributed by atoms with Crippen molar-refractivity contribution in [1.82, 2.24) is 14.9 Å². The van der Waals surface area contributed by atoms with Gasteiger partial charge in [0.2, 0.25) is 0 Å². The summed E-state index contributed by atoms with van der Waals surface area (Å²) in [5.74, 6) is -0.146. The second-order valence-corrected chi connectivity index (χ2v) is 5.26. The fourth-order valence-corrected chi connectivity index (χ4v) is 2.93. The van der Waals surface area contributed by atoms with Gasteiger partial charge < -0.3 is 10.4 Å². The van der Waals surface area contributed by atoms with Crippen molar-refractivity contribution in [3.05, 3.63) is 10.6 Å². The second-order valence-electron chi connectivity index (χ2n) is 4.50. The normalized spacial score (nSPS) is 18.2. The Morgan fingerprint density at radius 3 is 2.82 bits per heavy atom. The predicted octanol–water partition coefficient (Wildman–Crippen LogP) is 1.14. The van der Waals surface area contributed by atoms with Crippen molar-refractivity contribution >= 4 is 17.4 Å². The van der Waals surface area contributed by atoms with Crippen molar-refractivity contribution < 1.29 is 9.90 Å². The third-order valence-electron chi connectivity index (χ3n) is 3.34. The van der Waals surface area contributed by atoms with E-state index in [1.807, 2.05) is 6.92 Å². The molecule has 1 aliphatic rings. The van der Waals surface area contributed by atoms with E-state index in [1.54, 1.807) is 0 Å². The molecule has 1 aromatic rings. The predicted molar refractivity (Wildman–Crippen MR) is 65.0 cm³/mol. The van der Waals surface area contributed by atoms with E-state index in [4.69, 9.17) is 0 Å². The average molecular weight is 255 g/mol.